The summed E-state index contributed by atoms with van der Waals surface area (Å²) in [6.07, 6.45) is 6.47. The molecule has 1 heteroatoms. The van der Waals surface area contributed by atoms with E-state index >= 15 is 0 Å². The second-order valence-corrected chi connectivity index (χ2v) is 2.47. The van der Waals surface area contributed by atoms with Crippen LogP contribution in [0, 0.1) is 6.07 Å². The summed E-state index contributed by atoms with van der Waals surface area (Å²) < 4.78 is 5.12. The van der Waals surface area contributed by atoms with E-state index < -0.39 is 0 Å². The van der Waals surface area contributed by atoms with E-state index in [2.05, 4.69) is 13.0 Å². The molecule has 10 heavy (non-hydrogen) atoms. The van der Waals surface area contributed by atoms with Gasteiger partial charge >= 0.3 is 0 Å². The SMILES string of the molecule is CCCCCc1c[c]co1. The van der Waals surface area contributed by atoms with Gasteiger partial charge in [-0.05, 0) is 12.5 Å². The fraction of sp³-hybridized carbons (Fsp3) is 0.556. The number of furan rings is 1. The van der Waals surface area contributed by atoms with Crippen LogP contribution in [0.1, 0.15) is 31.9 Å². The van der Waals surface area contributed by atoms with Crippen molar-refractivity contribution in [2.75, 3.05) is 0 Å². The zero-order valence-electron chi connectivity index (χ0n) is 6.39. The molecular formula is C9H13O. The molecule has 0 aliphatic rings. The van der Waals surface area contributed by atoms with Crippen LogP contribution in [-0.4, -0.2) is 0 Å². The van der Waals surface area contributed by atoms with Gasteiger partial charge in [-0.2, -0.15) is 0 Å². The van der Waals surface area contributed by atoms with Gasteiger partial charge in [0.25, 0.3) is 0 Å². The summed E-state index contributed by atoms with van der Waals surface area (Å²) in [5, 5.41) is 0. The largest absolute Gasteiger partial charge is 0.469 e. The molecule has 0 fully saturated rings. The third-order valence-corrected chi connectivity index (χ3v) is 1.55. The van der Waals surface area contributed by atoms with Crippen LogP contribution < -0.4 is 0 Å². The van der Waals surface area contributed by atoms with E-state index in [1.165, 1.54) is 19.3 Å². The van der Waals surface area contributed by atoms with E-state index in [9.17, 15) is 0 Å². The maximum Gasteiger partial charge on any atom is 0.104 e. The lowest BCUT2D eigenvalue weighted by Crippen LogP contribution is -1.80. The van der Waals surface area contributed by atoms with E-state index in [0.717, 1.165) is 12.2 Å². The summed E-state index contributed by atoms with van der Waals surface area (Å²) in [5.41, 5.74) is 0. The smallest absolute Gasteiger partial charge is 0.104 e. The standard InChI is InChI=1S/C9H13O/c1-2-3-4-6-9-7-5-8-10-9/h7-8H,2-4,6H2,1H3. The number of aryl methyl sites for hydroxylation is 1. The minimum absolute atomic E-state index is 1.06. The molecule has 1 aromatic rings. The van der Waals surface area contributed by atoms with E-state index in [0.29, 0.717) is 0 Å². The normalized spacial score (nSPS) is 10.1. The first-order valence-corrected chi connectivity index (χ1v) is 3.87. The van der Waals surface area contributed by atoms with Gasteiger partial charge in [0.15, 0.2) is 0 Å². The Bertz CT molecular complexity index is 153. The van der Waals surface area contributed by atoms with Gasteiger partial charge in [-0.1, -0.05) is 19.8 Å². The van der Waals surface area contributed by atoms with Crippen molar-refractivity contribution in [3.63, 3.8) is 0 Å². The first kappa shape index (κ1) is 7.39. The number of unbranched alkanes of at least 4 members (excludes halogenated alkanes) is 2. The highest BCUT2D eigenvalue weighted by molar-refractivity contribution is 4.96. The van der Waals surface area contributed by atoms with Crippen molar-refractivity contribution < 1.29 is 4.42 Å². The summed E-state index contributed by atoms with van der Waals surface area (Å²) >= 11 is 0. The summed E-state index contributed by atoms with van der Waals surface area (Å²) in [7, 11) is 0. The van der Waals surface area contributed by atoms with Gasteiger partial charge < -0.3 is 4.42 Å². The maximum absolute atomic E-state index is 5.12. The molecule has 0 spiro atoms. The molecule has 0 N–H and O–H groups in total. The average molecular weight is 137 g/mol. The topological polar surface area (TPSA) is 13.1 Å². The van der Waals surface area contributed by atoms with Crippen molar-refractivity contribution in [3.8, 4) is 0 Å². The van der Waals surface area contributed by atoms with Crippen LogP contribution >= 0.6 is 0 Å². The third kappa shape index (κ3) is 2.26. The minimum Gasteiger partial charge on any atom is -0.469 e. The predicted molar refractivity (Wildman–Crippen MR) is 40.8 cm³/mol. The summed E-state index contributed by atoms with van der Waals surface area (Å²) in [5.74, 6) is 1.06. The molecule has 0 aliphatic carbocycles. The highest BCUT2D eigenvalue weighted by Crippen LogP contribution is 2.05. The van der Waals surface area contributed by atoms with Crippen molar-refractivity contribution in [2.24, 2.45) is 0 Å². The average Bonchev–Trinajstić information content (AvgIpc) is 2.41. The lowest BCUT2D eigenvalue weighted by atomic mass is 10.2. The maximum atomic E-state index is 5.12. The van der Waals surface area contributed by atoms with Crippen LogP contribution in [0.25, 0.3) is 0 Å². The molecule has 0 bridgehead atoms. The third-order valence-electron chi connectivity index (χ3n) is 1.55. The van der Waals surface area contributed by atoms with Gasteiger partial charge in [0, 0.05) is 12.5 Å². The highest BCUT2D eigenvalue weighted by Gasteiger charge is 1.93. The Hall–Kier alpha value is -0.720. The van der Waals surface area contributed by atoms with Crippen molar-refractivity contribution in [1.29, 1.82) is 0 Å². The molecule has 0 atom stereocenters. The van der Waals surface area contributed by atoms with Crippen LogP contribution in [0.2, 0.25) is 0 Å². The zero-order valence-corrected chi connectivity index (χ0v) is 6.39. The van der Waals surface area contributed by atoms with Gasteiger partial charge in [0.2, 0.25) is 0 Å². The van der Waals surface area contributed by atoms with Gasteiger partial charge in [0.1, 0.15) is 5.76 Å². The molecule has 0 unspecified atom stereocenters. The van der Waals surface area contributed by atoms with Crippen LogP contribution in [0.4, 0.5) is 0 Å². The van der Waals surface area contributed by atoms with Gasteiger partial charge in [-0.25, -0.2) is 0 Å². The highest BCUT2D eigenvalue weighted by atomic mass is 16.3. The second kappa shape index (κ2) is 4.15. The van der Waals surface area contributed by atoms with Crippen molar-refractivity contribution >= 4 is 0 Å². The van der Waals surface area contributed by atoms with Crippen LogP contribution in [0.3, 0.4) is 0 Å². The van der Waals surface area contributed by atoms with Crippen LogP contribution in [0.15, 0.2) is 16.7 Å². The fourth-order valence-corrected chi connectivity index (χ4v) is 0.951. The predicted octanol–water partition coefficient (Wildman–Crippen LogP) is 2.81. The Labute approximate surface area is 62.1 Å². The van der Waals surface area contributed by atoms with Gasteiger partial charge in [-0.15, -0.1) is 0 Å². The Morgan fingerprint density at radius 2 is 2.40 bits per heavy atom. The van der Waals surface area contributed by atoms with E-state index in [-0.39, 0.29) is 0 Å². The van der Waals surface area contributed by atoms with Gasteiger partial charge in [-0.3, -0.25) is 0 Å². The first-order valence-electron chi connectivity index (χ1n) is 3.87. The zero-order chi connectivity index (χ0) is 7.23. The molecule has 1 radical (unpaired) electrons. The number of hydrogen-bond donors (Lipinski definition) is 0. The molecule has 1 heterocycles. The lowest BCUT2D eigenvalue weighted by Gasteiger charge is -1.93. The van der Waals surface area contributed by atoms with Crippen LogP contribution in [-0.2, 0) is 6.42 Å². The second-order valence-electron chi connectivity index (χ2n) is 2.47. The molecular weight excluding hydrogens is 124 g/mol. The number of hydrogen-bond acceptors (Lipinski definition) is 1. The molecule has 1 rings (SSSR count). The van der Waals surface area contributed by atoms with Crippen LogP contribution in [0.5, 0.6) is 0 Å². The minimum atomic E-state index is 1.06. The van der Waals surface area contributed by atoms with Gasteiger partial charge in [0.05, 0.1) is 6.26 Å². The van der Waals surface area contributed by atoms with E-state index in [1.54, 1.807) is 6.26 Å². The molecule has 1 aromatic heterocycles. The molecule has 55 valence electrons. The fourth-order valence-electron chi connectivity index (χ4n) is 0.951. The first-order chi connectivity index (χ1) is 4.93. The molecule has 0 saturated heterocycles. The Morgan fingerprint density at radius 1 is 1.50 bits per heavy atom. The van der Waals surface area contributed by atoms with Crippen molar-refractivity contribution in [2.45, 2.75) is 32.6 Å². The van der Waals surface area contributed by atoms with Crippen molar-refractivity contribution in [3.05, 3.63) is 24.2 Å². The quantitative estimate of drug-likeness (QED) is 0.581. The van der Waals surface area contributed by atoms with Crippen molar-refractivity contribution in [1.82, 2.24) is 0 Å². The molecule has 0 saturated carbocycles. The monoisotopic (exact) mass is 137 g/mol. The molecule has 0 aliphatic heterocycles. The molecule has 0 aromatic carbocycles. The molecule has 1 nitrogen and oxygen atoms in total. The van der Waals surface area contributed by atoms with E-state index in [1.807, 2.05) is 6.07 Å². The lowest BCUT2D eigenvalue weighted by molar-refractivity contribution is 0.497. The summed E-state index contributed by atoms with van der Waals surface area (Å²) in [6, 6.07) is 4.80. The Kier molecular flexibility index (Phi) is 3.07. The Balaban J connectivity index is 2.15. The summed E-state index contributed by atoms with van der Waals surface area (Å²) in [6.45, 7) is 2.20. The Morgan fingerprint density at radius 3 is 3.00 bits per heavy atom. The number of rotatable bonds is 4. The molecule has 0 amide bonds. The van der Waals surface area contributed by atoms with E-state index in [4.69, 9.17) is 4.42 Å². The summed E-state index contributed by atoms with van der Waals surface area (Å²) in [4.78, 5) is 0.